The number of fused-ring (bicyclic) bond motifs is 1. The maximum absolute atomic E-state index is 11.2. The number of nitrogens with one attached hydrogen (secondary N) is 1. The largest absolute Gasteiger partial charge is 0.364 e. The van der Waals surface area contributed by atoms with Crippen LogP contribution in [0.4, 0.5) is 0 Å². The molecule has 2 rings (SSSR count). The number of thioether (sulfide) groups is 1. The number of carbonyl (C=O) groups is 1. The van der Waals surface area contributed by atoms with Crippen molar-refractivity contribution in [3.05, 3.63) is 17.0 Å². The Kier molecular flexibility index (Phi) is 4.52. The molecule has 0 atom stereocenters. The van der Waals surface area contributed by atoms with Gasteiger partial charge in [0.15, 0.2) is 5.16 Å². The van der Waals surface area contributed by atoms with Crippen LogP contribution in [0, 0.1) is 0 Å². The van der Waals surface area contributed by atoms with Gasteiger partial charge in [-0.25, -0.2) is 9.97 Å². The Bertz CT molecular complexity index is 413. The first-order chi connectivity index (χ1) is 7.22. The van der Waals surface area contributed by atoms with Crippen LogP contribution in [-0.2, 0) is 13.0 Å². The van der Waals surface area contributed by atoms with Gasteiger partial charge in [0.1, 0.15) is 5.69 Å². The highest BCUT2D eigenvalue weighted by atomic mass is 35.5. The number of primary amides is 1. The maximum atomic E-state index is 11.2. The molecule has 0 bridgehead atoms. The second-order valence-electron chi connectivity index (χ2n) is 3.28. The molecule has 16 heavy (non-hydrogen) atoms. The molecule has 0 unspecified atom stereocenters. The first kappa shape index (κ1) is 13.2. The SMILES string of the molecule is CSc1nc2c(c(C(N)=O)n1)CNCC2.Cl. The number of halogens is 1. The van der Waals surface area contributed by atoms with Crippen LogP contribution in [0.1, 0.15) is 21.7 Å². The summed E-state index contributed by atoms with van der Waals surface area (Å²) in [5.74, 6) is -0.479. The van der Waals surface area contributed by atoms with Crippen molar-refractivity contribution in [1.29, 1.82) is 0 Å². The highest BCUT2D eigenvalue weighted by Crippen LogP contribution is 2.19. The molecule has 0 spiro atoms. The molecule has 0 aliphatic carbocycles. The van der Waals surface area contributed by atoms with Crippen molar-refractivity contribution in [3.8, 4) is 0 Å². The van der Waals surface area contributed by atoms with E-state index in [1.54, 1.807) is 0 Å². The van der Waals surface area contributed by atoms with Crippen LogP contribution in [-0.4, -0.2) is 28.7 Å². The number of amides is 1. The van der Waals surface area contributed by atoms with Gasteiger partial charge in [0.05, 0.1) is 5.69 Å². The average molecular weight is 261 g/mol. The fraction of sp³-hybridized carbons (Fsp3) is 0.444. The molecule has 0 fully saturated rings. The van der Waals surface area contributed by atoms with Gasteiger partial charge in [-0.1, -0.05) is 11.8 Å². The Morgan fingerprint density at radius 2 is 2.25 bits per heavy atom. The summed E-state index contributed by atoms with van der Waals surface area (Å²) < 4.78 is 0. The summed E-state index contributed by atoms with van der Waals surface area (Å²) in [6.45, 7) is 1.51. The highest BCUT2D eigenvalue weighted by Gasteiger charge is 2.19. The average Bonchev–Trinajstić information content (AvgIpc) is 2.27. The number of aromatic nitrogens is 2. The van der Waals surface area contributed by atoms with Crippen molar-refractivity contribution in [2.75, 3.05) is 12.8 Å². The van der Waals surface area contributed by atoms with Gasteiger partial charge in [0.25, 0.3) is 5.91 Å². The molecule has 88 valence electrons. The summed E-state index contributed by atoms with van der Waals surface area (Å²) in [6, 6.07) is 0. The van der Waals surface area contributed by atoms with Gasteiger partial charge < -0.3 is 11.1 Å². The van der Waals surface area contributed by atoms with Gasteiger partial charge >= 0.3 is 0 Å². The maximum Gasteiger partial charge on any atom is 0.267 e. The van der Waals surface area contributed by atoms with Crippen LogP contribution in [0.2, 0.25) is 0 Å². The highest BCUT2D eigenvalue weighted by molar-refractivity contribution is 7.98. The molecule has 0 saturated carbocycles. The van der Waals surface area contributed by atoms with Gasteiger partial charge in [0, 0.05) is 25.1 Å². The lowest BCUT2D eigenvalue weighted by atomic mass is 10.1. The molecular formula is C9H13ClN4OS. The smallest absolute Gasteiger partial charge is 0.267 e. The summed E-state index contributed by atoms with van der Waals surface area (Å²) in [5, 5.41) is 3.79. The van der Waals surface area contributed by atoms with Crippen molar-refractivity contribution < 1.29 is 4.79 Å². The molecule has 1 aromatic rings. The van der Waals surface area contributed by atoms with Crippen LogP contribution in [0.5, 0.6) is 0 Å². The topological polar surface area (TPSA) is 80.9 Å². The van der Waals surface area contributed by atoms with E-state index in [0.717, 1.165) is 24.2 Å². The van der Waals surface area contributed by atoms with E-state index in [4.69, 9.17) is 5.73 Å². The van der Waals surface area contributed by atoms with E-state index >= 15 is 0 Å². The van der Waals surface area contributed by atoms with Gasteiger partial charge in [0.2, 0.25) is 0 Å². The Labute approximate surface area is 104 Å². The van der Waals surface area contributed by atoms with Crippen LogP contribution >= 0.6 is 24.2 Å². The van der Waals surface area contributed by atoms with Crippen molar-refractivity contribution in [1.82, 2.24) is 15.3 Å². The van der Waals surface area contributed by atoms with Gasteiger partial charge in [-0.05, 0) is 6.26 Å². The third-order valence-electron chi connectivity index (χ3n) is 2.33. The van der Waals surface area contributed by atoms with E-state index < -0.39 is 5.91 Å². The zero-order valence-electron chi connectivity index (χ0n) is 8.82. The zero-order chi connectivity index (χ0) is 10.8. The van der Waals surface area contributed by atoms with Crippen molar-refractivity contribution >= 4 is 30.1 Å². The van der Waals surface area contributed by atoms with E-state index in [1.807, 2.05) is 6.26 Å². The Morgan fingerprint density at radius 3 is 2.88 bits per heavy atom. The van der Waals surface area contributed by atoms with Crippen molar-refractivity contribution in [2.24, 2.45) is 5.73 Å². The third kappa shape index (κ3) is 2.45. The van der Waals surface area contributed by atoms with Crippen molar-refractivity contribution in [2.45, 2.75) is 18.1 Å². The second-order valence-corrected chi connectivity index (χ2v) is 4.05. The Balaban J connectivity index is 0.00000128. The number of nitrogens with two attached hydrogens (primary N) is 1. The Morgan fingerprint density at radius 1 is 1.50 bits per heavy atom. The number of rotatable bonds is 2. The summed E-state index contributed by atoms with van der Waals surface area (Å²) >= 11 is 1.42. The van der Waals surface area contributed by atoms with E-state index in [2.05, 4.69) is 15.3 Å². The van der Waals surface area contributed by atoms with Gasteiger partial charge in [-0.3, -0.25) is 4.79 Å². The van der Waals surface area contributed by atoms with Gasteiger partial charge in [-0.15, -0.1) is 12.4 Å². The first-order valence-electron chi connectivity index (χ1n) is 4.66. The number of carbonyl (C=O) groups excluding carboxylic acids is 1. The van der Waals surface area contributed by atoms with Crippen LogP contribution in [0.25, 0.3) is 0 Å². The fourth-order valence-corrected chi connectivity index (χ4v) is 2.00. The van der Waals surface area contributed by atoms with Crippen LogP contribution in [0.15, 0.2) is 5.16 Å². The molecule has 1 amide bonds. The first-order valence-corrected chi connectivity index (χ1v) is 5.89. The second kappa shape index (κ2) is 5.47. The monoisotopic (exact) mass is 260 g/mol. The lowest BCUT2D eigenvalue weighted by Crippen LogP contribution is -2.29. The predicted octanol–water partition coefficient (Wildman–Crippen LogP) is 0.365. The fourth-order valence-electron chi connectivity index (χ4n) is 1.62. The summed E-state index contributed by atoms with van der Waals surface area (Å²) in [5.41, 5.74) is 7.45. The van der Waals surface area contributed by atoms with Crippen LogP contribution < -0.4 is 11.1 Å². The van der Waals surface area contributed by atoms with E-state index in [9.17, 15) is 4.79 Å². The molecule has 7 heteroatoms. The number of nitrogens with zero attached hydrogens (tertiary/aromatic N) is 2. The minimum absolute atomic E-state index is 0. The lowest BCUT2D eigenvalue weighted by Gasteiger charge is -2.18. The quantitative estimate of drug-likeness (QED) is 0.593. The number of hydrogen-bond donors (Lipinski definition) is 2. The Hall–Kier alpha value is -0.850. The molecule has 0 aromatic carbocycles. The summed E-state index contributed by atoms with van der Waals surface area (Å²) in [4.78, 5) is 19.8. The minimum Gasteiger partial charge on any atom is -0.364 e. The molecule has 1 aliphatic heterocycles. The molecule has 5 nitrogen and oxygen atoms in total. The van der Waals surface area contributed by atoms with E-state index in [1.165, 1.54) is 11.8 Å². The minimum atomic E-state index is -0.479. The molecule has 3 N–H and O–H groups in total. The predicted molar refractivity (Wildman–Crippen MR) is 65.0 cm³/mol. The molecule has 1 aromatic heterocycles. The zero-order valence-corrected chi connectivity index (χ0v) is 10.5. The third-order valence-corrected chi connectivity index (χ3v) is 2.88. The lowest BCUT2D eigenvalue weighted by molar-refractivity contribution is 0.0993. The molecular weight excluding hydrogens is 248 g/mol. The van der Waals surface area contributed by atoms with E-state index in [-0.39, 0.29) is 12.4 Å². The van der Waals surface area contributed by atoms with Gasteiger partial charge in [-0.2, -0.15) is 0 Å². The van der Waals surface area contributed by atoms with E-state index in [0.29, 0.717) is 17.4 Å². The number of hydrogen-bond acceptors (Lipinski definition) is 5. The normalized spacial score (nSPS) is 13.8. The summed E-state index contributed by atoms with van der Waals surface area (Å²) in [6.07, 6.45) is 2.71. The van der Waals surface area contributed by atoms with Crippen molar-refractivity contribution in [3.63, 3.8) is 0 Å². The molecule has 2 heterocycles. The molecule has 1 aliphatic rings. The molecule has 0 saturated heterocycles. The van der Waals surface area contributed by atoms with Crippen LogP contribution in [0.3, 0.4) is 0 Å². The standard InChI is InChI=1S/C9H12N4OS.ClH/c1-15-9-12-6-2-3-11-4-5(6)7(13-9)8(10)14;/h11H,2-4H2,1H3,(H2,10,14);1H. The molecule has 0 radical (unpaired) electrons. The summed E-state index contributed by atoms with van der Waals surface area (Å²) in [7, 11) is 0.